The molecule has 2 aromatic rings. The third-order valence-corrected chi connectivity index (χ3v) is 4.41. The Bertz CT molecular complexity index is 817. The Hall–Kier alpha value is -2.48. The maximum absolute atomic E-state index is 11.8. The Labute approximate surface area is 134 Å². The molecule has 0 unspecified atom stereocenters. The first kappa shape index (κ1) is 16.9. The quantitative estimate of drug-likeness (QED) is 0.642. The maximum Gasteiger partial charge on any atom is 0.270 e. The molecule has 0 bridgehead atoms. The highest BCUT2D eigenvalue weighted by atomic mass is 32.2. The van der Waals surface area contributed by atoms with E-state index in [0.29, 0.717) is 18.7 Å². The highest BCUT2D eigenvalue weighted by molar-refractivity contribution is 7.90. The molecule has 0 saturated heterocycles. The van der Waals surface area contributed by atoms with Crippen LogP contribution in [-0.4, -0.2) is 31.1 Å². The molecular formula is C15H17N3O4S. The van der Waals surface area contributed by atoms with Gasteiger partial charge in [-0.15, -0.1) is 0 Å². The van der Waals surface area contributed by atoms with Gasteiger partial charge in [0.2, 0.25) is 0 Å². The van der Waals surface area contributed by atoms with Gasteiger partial charge in [0.1, 0.15) is 0 Å². The number of pyridine rings is 1. The van der Waals surface area contributed by atoms with Gasteiger partial charge in [0.15, 0.2) is 9.84 Å². The third-order valence-electron chi connectivity index (χ3n) is 3.28. The zero-order valence-corrected chi connectivity index (χ0v) is 13.6. The van der Waals surface area contributed by atoms with Gasteiger partial charge in [-0.1, -0.05) is 6.07 Å². The monoisotopic (exact) mass is 335 g/mol. The summed E-state index contributed by atoms with van der Waals surface area (Å²) in [6, 6.07) is 7.64. The Balaban J connectivity index is 2.16. The van der Waals surface area contributed by atoms with Crippen molar-refractivity contribution in [3.05, 3.63) is 57.9 Å². The molecule has 122 valence electrons. The smallest absolute Gasteiger partial charge is 0.270 e. The van der Waals surface area contributed by atoms with E-state index in [1.807, 2.05) is 19.1 Å². The number of nitro benzene ring substituents is 1. The zero-order valence-electron chi connectivity index (χ0n) is 12.8. The van der Waals surface area contributed by atoms with Crippen molar-refractivity contribution in [1.82, 2.24) is 4.98 Å². The van der Waals surface area contributed by atoms with Gasteiger partial charge in [0.05, 0.1) is 15.5 Å². The van der Waals surface area contributed by atoms with Crippen LogP contribution >= 0.6 is 0 Å². The lowest BCUT2D eigenvalue weighted by Crippen LogP contribution is -2.10. The van der Waals surface area contributed by atoms with E-state index >= 15 is 0 Å². The molecule has 23 heavy (non-hydrogen) atoms. The molecule has 0 saturated carbocycles. The van der Waals surface area contributed by atoms with Gasteiger partial charge < -0.3 is 5.32 Å². The number of non-ortho nitro benzene ring substituents is 1. The summed E-state index contributed by atoms with van der Waals surface area (Å²) < 4.78 is 23.7. The molecule has 0 atom stereocenters. The van der Waals surface area contributed by atoms with Crippen molar-refractivity contribution < 1.29 is 13.3 Å². The van der Waals surface area contributed by atoms with Crippen LogP contribution in [0.3, 0.4) is 0 Å². The van der Waals surface area contributed by atoms with E-state index in [1.165, 1.54) is 12.1 Å². The molecule has 8 heteroatoms. The highest BCUT2D eigenvalue weighted by Gasteiger charge is 2.18. The Morgan fingerprint density at radius 1 is 1.26 bits per heavy atom. The molecule has 1 aromatic carbocycles. The fourth-order valence-electron chi connectivity index (χ4n) is 2.07. The van der Waals surface area contributed by atoms with Crippen molar-refractivity contribution in [3.8, 4) is 0 Å². The molecule has 0 amide bonds. The van der Waals surface area contributed by atoms with E-state index in [9.17, 15) is 18.5 Å². The van der Waals surface area contributed by atoms with Crippen LogP contribution in [0.5, 0.6) is 0 Å². The van der Waals surface area contributed by atoms with Crippen LogP contribution < -0.4 is 5.32 Å². The molecule has 0 aliphatic heterocycles. The van der Waals surface area contributed by atoms with Crippen LogP contribution in [0.4, 0.5) is 11.4 Å². The number of hydrogen-bond donors (Lipinski definition) is 1. The van der Waals surface area contributed by atoms with Crippen molar-refractivity contribution in [1.29, 1.82) is 0 Å². The third kappa shape index (κ3) is 4.49. The van der Waals surface area contributed by atoms with Crippen molar-refractivity contribution in [2.24, 2.45) is 0 Å². The van der Waals surface area contributed by atoms with E-state index < -0.39 is 14.8 Å². The molecule has 7 nitrogen and oxygen atoms in total. The summed E-state index contributed by atoms with van der Waals surface area (Å²) in [4.78, 5) is 14.3. The number of benzene rings is 1. The van der Waals surface area contributed by atoms with Crippen molar-refractivity contribution in [2.45, 2.75) is 18.2 Å². The lowest BCUT2D eigenvalue weighted by molar-refractivity contribution is -0.385. The molecule has 0 radical (unpaired) electrons. The van der Waals surface area contributed by atoms with Gasteiger partial charge >= 0.3 is 0 Å². The van der Waals surface area contributed by atoms with Crippen LogP contribution in [0.25, 0.3) is 0 Å². The Kier molecular flexibility index (Phi) is 4.95. The fraction of sp³-hybridized carbons (Fsp3) is 0.267. The van der Waals surface area contributed by atoms with E-state index in [1.54, 1.807) is 6.20 Å². The average molecular weight is 335 g/mol. The number of sulfone groups is 1. The molecule has 0 aliphatic carbocycles. The van der Waals surface area contributed by atoms with Crippen LogP contribution in [0, 0.1) is 17.0 Å². The second-order valence-corrected chi connectivity index (χ2v) is 7.18. The number of anilines is 1. The summed E-state index contributed by atoms with van der Waals surface area (Å²) in [5, 5.41) is 13.8. The summed E-state index contributed by atoms with van der Waals surface area (Å²) in [7, 11) is -3.57. The standard InChI is InChI=1S/C15H17N3O4S/c1-11-3-4-12(10-17-11)7-8-16-14-6-5-13(18(19)20)9-15(14)23(2,21)22/h3-6,9-10,16H,7-8H2,1-2H3. The van der Waals surface area contributed by atoms with Gasteiger partial charge in [-0.2, -0.15) is 0 Å². The van der Waals surface area contributed by atoms with E-state index in [0.717, 1.165) is 23.6 Å². The van der Waals surface area contributed by atoms with Gasteiger partial charge in [0, 0.05) is 36.8 Å². The molecule has 1 aromatic heterocycles. The largest absolute Gasteiger partial charge is 0.384 e. The number of aromatic nitrogens is 1. The second kappa shape index (κ2) is 6.74. The number of rotatable bonds is 6. The fourth-order valence-corrected chi connectivity index (χ4v) is 2.94. The lowest BCUT2D eigenvalue weighted by atomic mass is 10.2. The molecule has 1 N–H and O–H groups in total. The number of nitrogens with one attached hydrogen (secondary N) is 1. The summed E-state index contributed by atoms with van der Waals surface area (Å²) in [5.41, 5.74) is 2.05. The minimum atomic E-state index is -3.57. The van der Waals surface area contributed by atoms with Gasteiger partial charge in [-0.25, -0.2) is 8.42 Å². The maximum atomic E-state index is 11.8. The second-order valence-electron chi connectivity index (χ2n) is 5.19. The first-order chi connectivity index (χ1) is 10.8. The average Bonchev–Trinajstić information content (AvgIpc) is 2.48. The highest BCUT2D eigenvalue weighted by Crippen LogP contribution is 2.26. The molecule has 1 heterocycles. The molecule has 0 fully saturated rings. The lowest BCUT2D eigenvalue weighted by Gasteiger charge is -2.11. The van der Waals surface area contributed by atoms with E-state index in [4.69, 9.17) is 0 Å². The Morgan fingerprint density at radius 3 is 2.57 bits per heavy atom. The number of aryl methyl sites for hydroxylation is 1. The van der Waals surface area contributed by atoms with E-state index in [-0.39, 0.29) is 10.6 Å². The summed E-state index contributed by atoms with van der Waals surface area (Å²) in [6.07, 6.45) is 3.46. The minimum absolute atomic E-state index is 0.0752. The summed E-state index contributed by atoms with van der Waals surface area (Å²) >= 11 is 0. The van der Waals surface area contributed by atoms with Gasteiger partial charge in [-0.05, 0) is 31.0 Å². The van der Waals surface area contributed by atoms with Crippen LogP contribution in [0.15, 0.2) is 41.4 Å². The van der Waals surface area contributed by atoms with Crippen LogP contribution in [0.2, 0.25) is 0 Å². The SMILES string of the molecule is Cc1ccc(CCNc2ccc([N+](=O)[O-])cc2S(C)(=O)=O)cn1. The predicted octanol–water partition coefficient (Wildman–Crippen LogP) is 2.36. The van der Waals surface area contributed by atoms with Crippen molar-refractivity contribution >= 4 is 21.2 Å². The Morgan fingerprint density at radius 2 is 2.00 bits per heavy atom. The zero-order chi connectivity index (χ0) is 17.0. The minimum Gasteiger partial charge on any atom is -0.384 e. The number of nitro groups is 1. The van der Waals surface area contributed by atoms with Gasteiger partial charge in [0.25, 0.3) is 5.69 Å². The molecule has 0 aliphatic rings. The first-order valence-electron chi connectivity index (χ1n) is 6.91. The normalized spacial score (nSPS) is 11.2. The van der Waals surface area contributed by atoms with Crippen LogP contribution in [-0.2, 0) is 16.3 Å². The number of nitrogens with zero attached hydrogens (tertiary/aromatic N) is 2. The van der Waals surface area contributed by atoms with Gasteiger partial charge in [-0.3, -0.25) is 15.1 Å². The summed E-state index contributed by atoms with van der Waals surface area (Å²) in [6.45, 7) is 2.39. The predicted molar refractivity (Wildman–Crippen MR) is 87.4 cm³/mol. The first-order valence-corrected chi connectivity index (χ1v) is 8.80. The number of hydrogen-bond acceptors (Lipinski definition) is 6. The van der Waals surface area contributed by atoms with Crippen molar-refractivity contribution in [3.63, 3.8) is 0 Å². The van der Waals surface area contributed by atoms with Crippen LogP contribution in [0.1, 0.15) is 11.3 Å². The summed E-state index contributed by atoms with van der Waals surface area (Å²) in [5.74, 6) is 0. The van der Waals surface area contributed by atoms with Crippen molar-refractivity contribution in [2.75, 3.05) is 18.1 Å². The topological polar surface area (TPSA) is 102 Å². The molecular weight excluding hydrogens is 318 g/mol. The van der Waals surface area contributed by atoms with E-state index in [2.05, 4.69) is 10.3 Å². The molecule has 2 rings (SSSR count). The molecule has 0 spiro atoms.